The van der Waals surface area contributed by atoms with Crippen LogP contribution in [0.15, 0.2) is 24.4 Å². The number of piperazine rings is 1. The molecule has 26 heavy (non-hydrogen) atoms. The molecule has 0 saturated carbocycles. The minimum atomic E-state index is -3.17. The van der Waals surface area contributed by atoms with Gasteiger partial charge >= 0.3 is 0 Å². The third kappa shape index (κ3) is 4.40. The lowest BCUT2D eigenvalue weighted by Crippen LogP contribution is -2.61. The minimum Gasteiger partial charge on any atom is -0.395 e. The Morgan fingerprint density at radius 2 is 2.08 bits per heavy atom. The van der Waals surface area contributed by atoms with Crippen molar-refractivity contribution in [3.8, 4) is 0 Å². The molecule has 8 nitrogen and oxygen atoms in total. The van der Waals surface area contributed by atoms with Crippen LogP contribution in [0.2, 0.25) is 0 Å². The number of aliphatic hydroxyl groups is 1. The summed E-state index contributed by atoms with van der Waals surface area (Å²) in [6.45, 7) is 2.31. The molecule has 144 valence electrons. The Morgan fingerprint density at radius 1 is 1.31 bits per heavy atom. The number of carbonyl (C=O) groups excluding carboxylic acids is 1. The number of hydrogen-bond acceptors (Lipinski definition) is 7. The number of aliphatic hydroxyl groups excluding tert-OH is 1. The minimum absolute atomic E-state index is 0.0118. The predicted molar refractivity (Wildman–Crippen MR) is 97.2 cm³/mol. The van der Waals surface area contributed by atoms with Crippen LogP contribution in [0.5, 0.6) is 0 Å². The summed E-state index contributed by atoms with van der Waals surface area (Å²) < 4.78 is 24.5. The lowest BCUT2D eigenvalue weighted by Gasteiger charge is -2.44. The van der Waals surface area contributed by atoms with Gasteiger partial charge in [0.1, 0.15) is 0 Å². The van der Waals surface area contributed by atoms with Gasteiger partial charge in [-0.2, -0.15) is 0 Å². The van der Waals surface area contributed by atoms with Gasteiger partial charge < -0.3 is 10.0 Å². The van der Waals surface area contributed by atoms with E-state index in [2.05, 4.69) is 9.88 Å². The largest absolute Gasteiger partial charge is 0.395 e. The van der Waals surface area contributed by atoms with E-state index in [9.17, 15) is 13.2 Å². The Morgan fingerprint density at radius 3 is 2.77 bits per heavy atom. The van der Waals surface area contributed by atoms with Crippen LogP contribution in [-0.2, 0) is 21.2 Å². The molecule has 1 aromatic rings. The van der Waals surface area contributed by atoms with Crippen molar-refractivity contribution in [2.45, 2.75) is 18.6 Å². The summed E-state index contributed by atoms with van der Waals surface area (Å²) in [5.74, 6) is 0.0256. The van der Waals surface area contributed by atoms with Crippen LogP contribution in [0.25, 0.3) is 0 Å². The van der Waals surface area contributed by atoms with Crippen LogP contribution in [0.4, 0.5) is 0 Å². The molecule has 2 aliphatic rings. The van der Waals surface area contributed by atoms with Crippen LogP contribution >= 0.6 is 0 Å². The average Bonchev–Trinajstić information content (AvgIpc) is 2.91. The first-order chi connectivity index (χ1) is 12.4. The fourth-order valence-corrected chi connectivity index (χ4v) is 5.81. The number of sulfone groups is 1. The van der Waals surface area contributed by atoms with E-state index in [4.69, 9.17) is 5.11 Å². The van der Waals surface area contributed by atoms with Gasteiger partial charge in [-0.1, -0.05) is 6.07 Å². The third-order valence-corrected chi connectivity index (χ3v) is 6.79. The summed E-state index contributed by atoms with van der Waals surface area (Å²) in [6.07, 6.45) is 1.73. The Balaban J connectivity index is 1.73. The van der Waals surface area contributed by atoms with Crippen LogP contribution < -0.4 is 0 Å². The molecule has 3 rings (SSSR count). The zero-order valence-electron chi connectivity index (χ0n) is 15.0. The molecule has 2 saturated heterocycles. The van der Waals surface area contributed by atoms with Crippen molar-refractivity contribution < 1.29 is 18.3 Å². The van der Waals surface area contributed by atoms with Crippen LogP contribution in [0.3, 0.4) is 0 Å². The van der Waals surface area contributed by atoms with Gasteiger partial charge in [-0.15, -0.1) is 0 Å². The number of aromatic nitrogens is 1. The first-order valence-corrected chi connectivity index (χ1v) is 10.6. The van der Waals surface area contributed by atoms with Gasteiger partial charge in [0.15, 0.2) is 9.84 Å². The van der Waals surface area contributed by atoms with Crippen LogP contribution in [0.1, 0.15) is 5.69 Å². The molecule has 0 unspecified atom stereocenters. The maximum atomic E-state index is 12.7. The third-order valence-electron chi connectivity index (χ3n) is 5.09. The molecule has 0 aromatic carbocycles. The fourth-order valence-electron chi connectivity index (χ4n) is 3.80. The first kappa shape index (κ1) is 19.2. The summed E-state index contributed by atoms with van der Waals surface area (Å²) in [7, 11) is -1.40. The highest BCUT2D eigenvalue weighted by Crippen LogP contribution is 2.28. The summed E-state index contributed by atoms with van der Waals surface area (Å²) in [4.78, 5) is 22.6. The van der Waals surface area contributed by atoms with Crippen molar-refractivity contribution in [1.29, 1.82) is 0 Å². The van der Waals surface area contributed by atoms with E-state index < -0.39 is 9.84 Å². The molecule has 0 aliphatic carbocycles. The summed E-state index contributed by atoms with van der Waals surface area (Å²) in [5.41, 5.74) is 0.901. The first-order valence-electron chi connectivity index (χ1n) is 8.83. The van der Waals surface area contributed by atoms with Gasteiger partial charge in [-0.05, 0) is 19.2 Å². The lowest BCUT2D eigenvalue weighted by molar-refractivity contribution is -0.138. The summed E-state index contributed by atoms with van der Waals surface area (Å²) >= 11 is 0. The number of carbonyl (C=O) groups is 1. The monoisotopic (exact) mass is 382 g/mol. The highest BCUT2D eigenvalue weighted by Gasteiger charge is 2.47. The SMILES string of the molecule is CN(CCO)CC(=O)N1CCN(Cc2ccccn2)[C@@H]2CS(=O)(=O)C[C@@H]21. The van der Waals surface area contributed by atoms with Crippen molar-refractivity contribution in [3.05, 3.63) is 30.1 Å². The molecule has 1 amide bonds. The molecule has 3 heterocycles. The number of pyridine rings is 1. The Kier molecular flexibility index (Phi) is 5.91. The van der Waals surface area contributed by atoms with E-state index in [1.807, 2.05) is 18.2 Å². The average molecular weight is 382 g/mol. The molecule has 2 fully saturated rings. The smallest absolute Gasteiger partial charge is 0.237 e. The summed E-state index contributed by atoms with van der Waals surface area (Å²) in [5, 5.41) is 9.00. The van der Waals surface area contributed by atoms with Gasteiger partial charge in [0, 0.05) is 38.4 Å². The Bertz CT molecular complexity index is 728. The van der Waals surface area contributed by atoms with E-state index in [0.717, 1.165) is 5.69 Å². The molecule has 1 N–H and O–H groups in total. The second kappa shape index (κ2) is 7.99. The van der Waals surface area contributed by atoms with E-state index >= 15 is 0 Å². The van der Waals surface area contributed by atoms with Crippen LogP contribution in [-0.4, -0.2) is 103 Å². The molecule has 0 radical (unpaired) electrons. The standard InChI is InChI=1S/C17H26N4O4S/c1-19(8-9-22)11-17(23)21-7-6-20(10-14-4-2-3-5-18-14)15-12-26(24,25)13-16(15)21/h2-5,15-16,22H,6-13H2,1H3/t15-,16+/m1/s1. The molecule has 0 bridgehead atoms. The zero-order valence-corrected chi connectivity index (χ0v) is 15.8. The van der Waals surface area contributed by atoms with Crippen molar-refractivity contribution in [3.63, 3.8) is 0 Å². The fraction of sp³-hybridized carbons (Fsp3) is 0.647. The maximum absolute atomic E-state index is 12.7. The van der Waals surface area contributed by atoms with E-state index in [1.54, 1.807) is 23.0 Å². The van der Waals surface area contributed by atoms with Gasteiger partial charge in [-0.25, -0.2) is 8.42 Å². The molecule has 1 aromatic heterocycles. The normalized spacial score (nSPS) is 25.4. The van der Waals surface area contributed by atoms with Crippen molar-refractivity contribution >= 4 is 15.7 Å². The second-order valence-electron chi connectivity index (χ2n) is 7.05. The number of amides is 1. The topological polar surface area (TPSA) is 94.1 Å². The number of likely N-dealkylation sites (N-methyl/N-ethyl adjacent to an activating group) is 1. The maximum Gasteiger partial charge on any atom is 0.237 e. The number of fused-ring (bicyclic) bond motifs is 1. The van der Waals surface area contributed by atoms with Crippen molar-refractivity contribution in [1.82, 2.24) is 19.7 Å². The van der Waals surface area contributed by atoms with Gasteiger partial charge in [0.25, 0.3) is 0 Å². The molecule has 2 atom stereocenters. The molecule has 2 aliphatic heterocycles. The van der Waals surface area contributed by atoms with Crippen LogP contribution in [0, 0.1) is 0 Å². The van der Waals surface area contributed by atoms with Crippen molar-refractivity contribution in [2.75, 3.05) is 51.3 Å². The summed E-state index contributed by atoms with van der Waals surface area (Å²) in [6, 6.07) is 5.20. The zero-order chi connectivity index (χ0) is 18.7. The Hall–Kier alpha value is -1.55. The van der Waals surface area contributed by atoms with Gasteiger partial charge in [0.05, 0.1) is 36.4 Å². The van der Waals surface area contributed by atoms with Gasteiger partial charge in [-0.3, -0.25) is 19.6 Å². The highest BCUT2D eigenvalue weighted by atomic mass is 32.2. The molecular formula is C17H26N4O4S. The predicted octanol–water partition coefficient (Wildman–Crippen LogP) is -1.18. The lowest BCUT2D eigenvalue weighted by atomic mass is 10.0. The Labute approximate surface area is 154 Å². The quantitative estimate of drug-likeness (QED) is 0.662. The van der Waals surface area contributed by atoms with Crippen molar-refractivity contribution in [2.24, 2.45) is 0 Å². The van der Waals surface area contributed by atoms with E-state index in [1.165, 1.54) is 0 Å². The highest BCUT2D eigenvalue weighted by molar-refractivity contribution is 7.91. The molecule has 0 spiro atoms. The number of hydrogen-bond donors (Lipinski definition) is 1. The molecular weight excluding hydrogens is 356 g/mol. The van der Waals surface area contributed by atoms with Gasteiger partial charge in [0.2, 0.25) is 5.91 Å². The number of rotatable bonds is 6. The van der Waals surface area contributed by atoms with E-state index in [0.29, 0.717) is 26.2 Å². The number of nitrogens with zero attached hydrogens (tertiary/aromatic N) is 4. The second-order valence-corrected chi connectivity index (χ2v) is 9.21. The molecule has 9 heteroatoms. The van der Waals surface area contributed by atoms with E-state index in [-0.39, 0.29) is 42.6 Å².